The monoisotopic (exact) mass is 732 g/mol. The molecule has 0 aliphatic heterocycles. The second-order valence-electron chi connectivity index (χ2n) is 12.9. The first-order chi connectivity index (χ1) is 21.4. The molecule has 44 heavy (non-hydrogen) atoms. The first kappa shape index (κ1) is 43.2. The van der Waals surface area contributed by atoms with Crippen molar-refractivity contribution in [2.45, 2.75) is 218 Å². The molecule has 0 bridgehead atoms. The number of rotatable bonds is 33. The van der Waals surface area contributed by atoms with E-state index in [-0.39, 0.29) is 37.2 Å². The molecule has 0 saturated heterocycles. The molecule has 0 amide bonds. The Bertz CT molecular complexity index is 599. The SMILES string of the molecule is CCCCCCCCCCC(=O)[O][Sn]([CH2]CCC)([O]C(=O)CCCCCCCCCC)[O]C(=O)CCCCCCCCCC. The van der Waals surface area contributed by atoms with Crippen molar-refractivity contribution in [2.24, 2.45) is 0 Å². The fourth-order valence-electron chi connectivity index (χ4n) is 5.49. The van der Waals surface area contributed by atoms with Gasteiger partial charge in [0.1, 0.15) is 0 Å². The Hall–Kier alpha value is -0.791. The Morgan fingerprint density at radius 1 is 0.341 bits per heavy atom. The van der Waals surface area contributed by atoms with E-state index in [1.54, 1.807) is 0 Å². The molecule has 0 aromatic carbocycles. The van der Waals surface area contributed by atoms with Gasteiger partial charge in [-0.2, -0.15) is 0 Å². The zero-order chi connectivity index (χ0) is 32.6. The molecule has 6 nitrogen and oxygen atoms in total. The topological polar surface area (TPSA) is 78.9 Å². The summed E-state index contributed by atoms with van der Waals surface area (Å²) in [4.78, 5) is 39.1. The molecule has 260 valence electrons. The van der Waals surface area contributed by atoms with Crippen molar-refractivity contribution in [3.8, 4) is 0 Å². The van der Waals surface area contributed by atoms with Crippen LogP contribution in [0.4, 0.5) is 0 Å². The first-order valence-electron chi connectivity index (χ1n) is 19.1. The first-order valence-corrected chi connectivity index (χ1v) is 24.6. The minimum absolute atomic E-state index is 0.283. The average Bonchev–Trinajstić information content (AvgIpc) is 3.00. The Balaban J connectivity index is 5.02. The predicted octanol–water partition coefficient (Wildman–Crippen LogP) is 11.9. The van der Waals surface area contributed by atoms with Crippen LogP contribution in [0.5, 0.6) is 0 Å². The molecule has 0 unspecified atom stereocenters. The number of carbonyl (C=O) groups excluding carboxylic acids is 3. The summed E-state index contributed by atoms with van der Waals surface area (Å²) in [7, 11) is 0. The number of carbonyl (C=O) groups is 3. The number of hydrogen-bond acceptors (Lipinski definition) is 6. The summed E-state index contributed by atoms with van der Waals surface area (Å²) >= 11 is -4.78. The van der Waals surface area contributed by atoms with E-state index in [9.17, 15) is 14.4 Å². The summed E-state index contributed by atoms with van der Waals surface area (Å²) in [5.74, 6) is -1.12. The molecule has 0 aromatic rings. The maximum absolute atomic E-state index is 13.0. The van der Waals surface area contributed by atoms with Gasteiger partial charge < -0.3 is 0 Å². The molecule has 7 heteroatoms. The van der Waals surface area contributed by atoms with Gasteiger partial charge in [0, 0.05) is 0 Å². The zero-order valence-electron chi connectivity index (χ0n) is 29.7. The molecule has 0 aliphatic carbocycles. The summed E-state index contributed by atoms with van der Waals surface area (Å²) in [5, 5.41) is 0. The standard InChI is InChI=1S/3C11H22O2.C4H9.Sn/c3*1-2-3-4-5-6-7-8-9-10-11(12)13;1-3-4-2;/h3*2-10H2,1H3,(H,12,13);1,3-4H2,2H3;/q;;;;+3/p-3. The van der Waals surface area contributed by atoms with Gasteiger partial charge in [-0.05, 0) is 0 Å². The van der Waals surface area contributed by atoms with Crippen molar-refractivity contribution in [3.05, 3.63) is 0 Å². The molecule has 0 N–H and O–H groups in total. The van der Waals surface area contributed by atoms with Gasteiger partial charge in [0.15, 0.2) is 0 Å². The van der Waals surface area contributed by atoms with E-state index in [4.69, 9.17) is 9.22 Å². The van der Waals surface area contributed by atoms with Crippen molar-refractivity contribution >= 4 is 37.5 Å². The van der Waals surface area contributed by atoms with Crippen LogP contribution in [0.15, 0.2) is 0 Å². The summed E-state index contributed by atoms with van der Waals surface area (Å²) in [6, 6.07) is 0. The molecular weight excluding hydrogens is 659 g/mol. The van der Waals surface area contributed by atoms with Gasteiger partial charge in [-0.1, -0.05) is 0 Å². The summed E-state index contributed by atoms with van der Waals surface area (Å²) in [6.45, 7) is 8.71. The van der Waals surface area contributed by atoms with Crippen LogP contribution in [-0.2, 0) is 23.6 Å². The van der Waals surface area contributed by atoms with E-state index in [0.717, 1.165) is 64.2 Å². The maximum atomic E-state index is 13.0. The van der Waals surface area contributed by atoms with Gasteiger partial charge >= 0.3 is 279 Å². The minimum atomic E-state index is -4.78. The summed E-state index contributed by atoms with van der Waals surface area (Å²) in [5.41, 5.74) is 0. The van der Waals surface area contributed by atoms with Gasteiger partial charge in [-0.25, -0.2) is 0 Å². The quantitative estimate of drug-likeness (QED) is 0.0494. The van der Waals surface area contributed by atoms with E-state index in [2.05, 4.69) is 20.8 Å². The average molecular weight is 732 g/mol. The summed E-state index contributed by atoms with van der Waals surface area (Å²) < 4.78 is 18.3. The Morgan fingerprint density at radius 3 is 0.818 bits per heavy atom. The van der Waals surface area contributed by atoms with Gasteiger partial charge in [-0.3, -0.25) is 0 Å². The van der Waals surface area contributed by atoms with Crippen molar-refractivity contribution in [1.29, 1.82) is 0 Å². The van der Waals surface area contributed by atoms with Crippen LogP contribution in [0.3, 0.4) is 0 Å². The van der Waals surface area contributed by atoms with Crippen LogP contribution >= 0.6 is 0 Å². The van der Waals surface area contributed by atoms with E-state index < -0.39 is 19.6 Å². The van der Waals surface area contributed by atoms with Crippen molar-refractivity contribution in [3.63, 3.8) is 0 Å². The van der Waals surface area contributed by atoms with Gasteiger partial charge in [0.05, 0.1) is 0 Å². The molecule has 0 spiro atoms. The van der Waals surface area contributed by atoms with Crippen LogP contribution in [0, 0.1) is 0 Å². The third kappa shape index (κ3) is 27.5. The molecule has 0 saturated carbocycles. The Morgan fingerprint density at radius 2 is 0.568 bits per heavy atom. The van der Waals surface area contributed by atoms with Gasteiger partial charge in [0.25, 0.3) is 0 Å². The predicted molar refractivity (Wildman–Crippen MR) is 185 cm³/mol. The van der Waals surface area contributed by atoms with Crippen molar-refractivity contribution < 1.29 is 23.6 Å². The second-order valence-corrected chi connectivity index (χ2v) is 20.0. The van der Waals surface area contributed by atoms with Crippen molar-refractivity contribution in [2.75, 3.05) is 0 Å². The molecule has 0 atom stereocenters. The van der Waals surface area contributed by atoms with E-state index in [1.807, 2.05) is 6.92 Å². The fourth-order valence-corrected chi connectivity index (χ4v) is 12.8. The summed E-state index contributed by atoms with van der Waals surface area (Å²) in [6.07, 6.45) is 29.7. The molecule has 0 radical (unpaired) electrons. The molecular formula is C37H72O6Sn. The molecule has 0 aromatic heterocycles. The van der Waals surface area contributed by atoms with Crippen molar-refractivity contribution in [1.82, 2.24) is 0 Å². The van der Waals surface area contributed by atoms with Crippen LogP contribution in [0.1, 0.15) is 214 Å². The molecule has 0 fully saturated rings. The van der Waals surface area contributed by atoms with Crippen LogP contribution in [0.2, 0.25) is 4.44 Å². The second kappa shape index (κ2) is 32.2. The van der Waals surface area contributed by atoms with E-state index >= 15 is 0 Å². The van der Waals surface area contributed by atoms with E-state index in [0.29, 0.717) is 10.9 Å². The van der Waals surface area contributed by atoms with Gasteiger partial charge in [-0.15, -0.1) is 0 Å². The molecule has 0 aliphatic rings. The number of hydrogen-bond donors (Lipinski definition) is 0. The molecule has 0 heterocycles. The Labute approximate surface area is 278 Å². The fraction of sp³-hybridized carbons (Fsp3) is 0.919. The third-order valence-electron chi connectivity index (χ3n) is 8.35. The zero-order valence-corrected chi connectivity index (χ0v) is 32.5. The van der Waals surface area contributed by atoms with Crippen LogP contribution in [-0.4, -0.2) is 37.5 Å². The number of unbranched alkanes of at least 4 members (excludes halogenated alkanes) is 22. The Kier molecular flexibility index (Phi) is 31.6. The van der Waals surface area contributed by atoms with E-state index in [1.165, 1.54) is 96.3 Å². The molecule has 0 rings (SSSR count). The normalized spacial score (nSPS) is 11.5. The van der Waals surface area contributed by atoms with Gasteiger partial charge in [0.2, 0.25) is 0 Å². The van der Waals surface area contributed by atoms with Crippen LogP contribution < -0.4 is 0 Å². The third-order valence-corrected chi connectivity index (χ3v) is 15.7. The van der Waals surface area contributed by atoms with Crippen LogP contribution in [0.25, 0.3) is 0 Å².